The van der Waals surface area contributed by atoms with E-state index in [1.54, 1.807) is 0 Å². The number of hydrogen-bond donors (Lipinski definition) is 3. The zero-order valence-corrected chi connectivity index (χ0v) is 16.9. The minimum absolute atomic E-state index is 0.0911. The molecule has 1 rings (SSSR count). The van der Waals surface area contributed by atoms with Gasteiger partial charge in [-0.3, -0.25) is 9.98 Å². The SMILES string of the molecule is CC1=NCCNC(C)(C)CC(C)=NCCNC(C)(C)C1.[O-][Cl+3]([O-])([O-])O. The maximum atomic E-state index is 8.60. The molecule has 1 heterocycles. The largest absolute Gasteiger partial charge is 0.310 e. The molecule has 0 aromatic rings. The lowest BCUT2D eigenvalue weighted by Crippen LogP contribution is -2.58. The molecule has 0 aliphatic carbocycles. The average Bonchev–Trinajstić information content (AvgIpc) is 2.36. The lowest BCUT2D eigenvalue weighted by atomic mass is 9.97. The Bertz CT molecular complexity index is 418. The second-order valence-corrected chi connectivity index (χ2v) is 8.40. The van der Waals surface area contributed by atoms with Gasteiger partial charge in [0.25, 0.3) is 0 Å². The summed E-state index contributed by atoms with van der Waals surface area (Å²) in [7, 11) is -4.69. The van der Waals surface area contributed by atoms with E-state index in [0.717, 1.165) is 39.0 Å². The van der Waals surface area contributed by atoms with Crippen molar-refractivity contribution in [1.29, 1.82) is 0 Å². The summed E-state index contributed by atoms with van der Waals surface area (Å²) in [6, 6.07) is 0. The van der Waals surface area contributed by atoms with Gasteiger partial charge in [-0.2, -0.15) is 14.0 Å². The zero-order valence-electron chi connectivity index (χ0n) is 16.2. The van der Waals surface area contributed by atoms with Crippen molar-refractivity contribution in [2.75, 3.05) is 26.2 Å². The predicted octanol–water partition coefficient (Wildman–Crippen LogP) is -1.69. The van der Waals surface area contributed by atoms with Gasteiger partial charge >= 0.3 is 0 Å². The molecule has 0 atom stereocenters. The average molecular weight is 381 g/mol. The van der Waals surface area contributed by atoms with Crippen LogP contribution in [0.1, 0.15) is 54.4 Å². The Kier molecular flexibility index (Phi) is 10.3. The molecule has 0 aromatic heterocycles. The molecule has 1 aliphatic rings. The minimum Gasteiger partial charge on any atom is -0.310 e. The van der Waals surface area contributed by atoms with E-state index in [0.29, 0.717) is 0 Å². The summed E-state index contributed by atoms with van der Waals surface area (Å²) in [5.41, 5.74) is 2.62. The third kappa shape index (κ3) is 16.6. The lowest BCUT2D eigenvalue weighted by molar-refractivity contribution is -1.92. The molecule has 3 N–H and O–H groups in total. The van der Waals surface area contributed by atoms with Crippen LogP contribution in [0.3, 0.4) is 0 Å². The molecule has 0 bridgehead atoms. The molecule has 0 saturated carbocycles. The van der Waals surface area contributed by atoms with Crippen molar-refractivity contribution < 1.29 is 28.9 Å². The van der Waals surface area contributed by atoms with Gasteiger partial charge in [0.1, 0.15) is 0 Å². The predicted molar refractivity (Wildman–Crippen MR) is 91.6 cm³/mol. The van der Waals surface area contributed by atoms with Crippen molar-refractivity contribution in [3.8, 4) is 0 Å². The van der Waals surface area contributed by atoms with Crippen molar-refractivity contribution in [3.63, 3.8) is 0 Å². The molecule has 9 heteroatoms. The Labute approximate surface area is 153 Å². The molecule has 0 aromatic carbocycles. The fraction of sp³-hybridized carbons (Fsp3) is 0.875. The van der Waals surface area contributed by atoms with Crippen LogP contribution in [0.5, 0.6) is 0 Å². The van der Waals surface area contributed by atoms with Crippen LogP contribution in [-0.2, 0) is 0 Å². The highest BCUT2D eigenvalue weighted by molar-refractivity contribution is 5.83. The molecule has 0 unspecified atom stereocenters. The van der Waals surface area contributed by atoms with Crippen molar-refractivity contribution in [2.24, 2.45) is 9.98 Å². The maximum absolute atomic E-state index is 8.60. The van der Waals surface area contributed by atoms with Crippen molar-refractivity contribution >= 4 is 11.4 Å². The second kappa shape index (κ2) is 10.5. The highest BCUT2D eigenvalue weighted by atomic mass is 35.7. The van der Waals surface area contributed by atoms with E-state index in [4.69, 9.17) is 18.6 Å². The van der Waals surface area contributed by atoms with Gasteiger partial charge in [0.2, 0.25) is 0 Å². The Balaban J connectivity index is 0.00000101. The number of halogens is 1. The molecule has 148 valence electrons. The highest BCUT2D eigenvalue weighted by Gasteiger charge is 2.20. The number of aliphatic imine (C=N–C) groups is 2. The lowest BCUT2D eigenvalue weighted by Gasteiger charge is -2.28. The molecule has 0 fully saturated rings. The van der Waals surface area contributed by atoms with Crippen LogP contribution in [0.15, 0.2) is 9.98 Å². The molecule has 0 spiro atoms. The normalized spacial score (nSPS) is 22.6. The van der Waals surface area contributed by atoms with Gasteiger partial charge in [-0.25, -0.2) is 0 Å². The summed E-state index contributed by atoms with van der Waals surface area (Å²) in [6.45, 7) is 16.7. The number of nitrogens with one attached hydrogen (secondary N) is 2. The van der Waals surface area contributed by atoms with E-state index < -0.39 is 10.2 Å². The van der Waals surface area contributed by atoms with Crippen molar-refractivity contribution in [2.45, 2.75) is 65.5 Å². The number of rotatable bonds is 0. The van der Waals surface area contributed by atoms with E-state index in [1.807, 2.05) is 0 Å². The van der Waals surface area contributed by atoms with Gasteiger partial charge in [0.15, 0.2) is 0 Å². The van der Waals surface area contributed by atoms with E-state index in [9.17, 15) is 0 Å². The van der Waals surface area contributed by atoms with Gasteiger partial charge in [0, 0.05) is 48.4 Å². The fourth-order valence-corrected chi connectivity index (χ4v) is 2.80. The monoisotopic (exact) mass is 380 g/mol. The quantitative estimate of drug-likeness (QED) is 0.458. The molecule has 25 heavy (non-hydrogen) atoms. The molecular weight excluding hydrogens is 348 g/mol. The van der Waals surface area contributed by atoms with Crippen LogP contribution in [0, 0.1) is 10.2 Å². The minimum atomic E-state index is -4.69. The van der Waals surface area contributed by atoms with E-state index in [-0.39, 0.29) is 11.1 Å². The summed E-state index contributed by atoms with van der Waals surface area (Å²) < 4.78 is 32.7. The van der Waals surface area contributed by atoms with Crippen molar-refractivity contribution in [3.05, 3.63) is 0 Å². The smallest absolute Gasteiger partial charge is 0.0777 e. The van der Waals surface area contributed by atoms with Gasteiger partial charge in [-0.15, -0.1) is 0 Å². The Morgan fingerprint density at radius 2 is 1.12 bits per heavy atom. The zero-order chi connectivity index (χ0) is 19.7. The van der Waals surface area contributed by atoms with Crippen molar-refractivity contribution in [1.82, 2.24) is 10.6 Å². The first-order valence-corrected chi connectivity index (χ1v) is 9.60. The van der Waals surface area contributed by atoms with E-state index in [2.05, 4.69) is 62.2 Å². The van der Waals surface area contributed by atoms with Crippen LogP contribution < -0.4 is 24.6 Å². The first-order valence-electron chi connectivity index (χ1n) is 8.33. The topological polar surface area (TPSA) is 138 Å². The van der Waals surface area contributed by atoms with E-state index >= 15 is 0 Å². The molecule has 8 nitrogen and oxygen atoms in total. The number of nitrogens with zero attached hydrogens (tertiary/aromatic N) is 2. The Morgan fingerprint density at radius 1 is 0.840 bits per heavy atom. The fourth-order valence-electron chi connectivity index (χ4n) is 2.80. The third-order valence-electron chi connectivity index (χ3n) is 3.59. The third-order valence-corrected chi connectivity index (χ3v) is 3.59. The van der Waals surface area contributed by atoms with Crippen LogP contribution in [0.2, 0.25) is 0 Å². The van der Waals surface area contributed by atoms with Crippen LogP contribution in [0.25, 0.3) is 0 Å². The molecule has 0 amide bonds. The standard InChI is InChI=1S/C16H32N4.ClHO4/c1-13-11-15(3,4)19-10-8-18-14(2)12-16(5,6)20-9-7-17-13;2-1(3,4)5/h19-20H,7-12H2,1-6H3;(H,2,3,4,5). The first kappa shape index (κ1) is 24.4. The maximum Gasteiger partial charge on any atom is 0.0777 e. The summed E-state index contributed by atoms with van der Waals surface area (Å²) in [5, 5.41) is 7.16. The Hall–Kier alpha value is -0.610. The van der Waals surface area contributed by atoms with Gasteiger partial charge < -0.3 is 10.6 Å². The van der Waals surface area contributed by atoms with Gasteiger partial charge in [-0.1, -0.05) is 0 Å². The molecule has 0 radical (unpaired) electrons. The van der Waals surface area contributed by atoms with Crippen LogP contribution in [0.4, 0.5) is 0 Å². The summed E-state index contributed by atoms with van der Waals surface area (Å²) >= 11 is 0. The summed E-state index contributed by atoms with van der Waals surface area (Å²) in [4.78, 5) is 9.35. The molecule has 1 aliphatic heterocycles. The highest BCUT2D eigenvalue weighted by Crippen LogP contribution is 2.11. The second-order valence-electron chi connectivity index (χ2n) is 7.60. The van der Waals surface area contributed by atoms with E-state index in [1.165, 1.54) is 11.4 Å². The number of hydrogen-bond acceptors (Lipinski definition) is 8. The van der Waals surface area contributed by atoms with Crippen LogP contribution in [-0.4, -0.2) is 53.3 Å². The summed E-state index contributed by atoms with van der Waals surface area (Å²) in [6.07, 6.45) is 1.97. The molecule has 0 saturated heterocycles. The Morgan fingerprint density at radius 3 is 1.40 bits per heavy atom. The molecular formula is C16H33ClN4O4. The van der Waals surface area contributed by atoms with Crippen LogP contribution >= 0.6 is 0 Å². The first-order chi connectivity index (χ1) is 11.2. The van der Waals surface area contributed by atoms with Gasteiger partial charge in [-0.05, 0) is 41.5 Å². The summed E-state index contributed by atoms with van der Waals surface area (Å²) in [5.74, 6) is 0. The van der Waals surface area contributed by atoms with Gasteiger partial charge in [0.05, 0.1) is 28.0 Å².